The van der Waals surface area contributed by atoms with Gasteiger partial charge in [-0.05, 0) is 24.6 Å². The van der Waals surface area contributed by atoms with Gasteiger partial charge in [-0.1, -0.05) is 18.2 Å². The summed E-state index contributed by atoms with van der Waals surface area (Å²) in [5.41, 5.74) is 3.69. The van der Waals surface area contributed by atoms with E-state index in [4.69, 9.17) is 4.74 Å². The molecule has 0 fully saturated rings. The molecule has 0 radical (unpaired) electrons. The van der Waals surface area contributed by atoms with Crippen LogP contribution in [0.4, 0.5) is 0 Å². The lowest BCUT2D eigenvalue weighted by Gasteiger charge is -2.02. The number of ether oxygens (including phenoxy) is 1. The van der Waals surface area contributed by atoms with Gasteiger partial charge in [0.1, 0.15) is 11.6 Å². The smallest absolute Gasteiger partial charge is 0.178 e. The lowest BCUT2D eigenvalue weighted by Crippen LogP contribution is -1.96. The SMILES string of the molecule is COc1ccnc(CCc2nc3nc4ccccc4cc3[nH]2)c1. The summed E-state index contributed by atoms with van der Waals surface area (Å²) in [6.07, 6.45) is 3.35. The average Bonchev–Trinajstić information content (AvgIpc) is 2.99. The minimum Gasteiger partial charge on any atom is -0.497 e. The number of aromatic nitrogens is 4. The largest absolute Gasteiger partial charge is 0.497 e. The monoisotopic (exact) mass is 304 g/mol. The first-order valence-electron chi connectivity index (χ1n) is 7.55. The van der Waals surface area contributed by atoms with Crippen molar-refractivity contribution >= 4 is 22.1 Å². The van der Waals surface area contributed by atoms with Gasteiger partial charge < -0.3 is 9.72 Å². The number of imidazole rings is 1. The Morgan fingerprint density at radius 3 is 2.87 bits per heavy atom. The van der Waals surface area contributed by atoms with Crippen molar-refractivity contribution in [1.82, 2.24) is 19.9 Å². The average molecular weight is 304 g/mol. The third kappa shape index (κ3) is 2.73. The van der Waals surface area contributed by atoms with E-state index in [0.29, 0.717) is 0 Å². The summed E-state index contributed by atoms with van der Waals surface area (Å²) in [6.45, 7) is 0. The number of pyridine rings is 2. The first-order chi connectivity index (χ1) is 11.3. The minimum absolute atomic E-state index is 0.761. The van der Waals surface area contributed by atoms with Crippen LogP contribution in [0.2, 0.25) is 0 Å². The van der Waals surface area contributed by atoms with Crippen LogP contribution in [0.25, 0.3) is 22.1 Å². The van der Waals surface area contributed by atoms with Gasteiger partial charge in [-0.15, -0.1) is 0 Å². The molecule has 0 unspecified atom stereocenters. The zero-order valence-electron chi connectivity index (χ0n) is 12.8. The number of hydrogen-bond donors (Lipinski definition) is 1. The summed E-state index contributed by atoms with van der Waals surface area (Å²) >= 11 is 0. The Hall–Kier alpha value is -2.95. The molecule has 0 saturated heterocycles. The Morgan fingerprint density at radius 2 is 1.96 bits per heavy atom. The van der Waals surface area contributed by atoms with Gasteiger partial charge in [-0.3, -0.25) is 4.98 Å². The summed E-state index contributed by atoms with van der Waals surface area (Å²) in [7, 11) is 1.66. The maximum atomic E-state index is 5.23. The van der Waals surface area contributed by atoms with E-state index in [9.17, 15) is 0 Å². The molecule has 4 aromatic rings. The van der Waals surface area contributed by atoms with Crippen molar-refractivity contribution < 1.29 is 4.74 Å². The number of benzene rings is 1. The van der Waals surface area contributed by atoms with Gasteiger partial charge in [0, 0.05) is 29.8 Å². The lowest BCUT2D eigenvalue weighted by atomic mass is 10.2. The highest BCUT2D eigenvalue weighted by molar-refractivity contribution is 5.89. The standard InChI is InChI=1S/C18H16N4O/c1-23-14-8-9-19-13(11-14)6-7-17-20-16-10-12-4-2-3-5-15(12)21-18(16)22-17/h2-5,8-11H,6-7H2,1H3,(H,20,21,22). The highest BCUT2D eigenvalue weighted by Crippen LogP contribution is 2.18. The first-order valence-corrected chi connectivity index (χ1v) is 7.55. The zero-order valence-corrected chi connectivity index (χ0v) is 12.8. The number of aromatic amines is 1. The second-order valence-electron chi connectivity index (χ2n) is 5.42. The van der Waals surface area contributed by atoms with E-state index >= 15 is 0 Å². The first kappa shape index (κ1) is 13.7. The lowest BCUT2D eigenvalue weighted by molar-refractivity contribution is 0.413. The second kappa shape index (κ2) is 5.68. The van der Waals surface area contributed by atoms with Crippen LogP contribution >= 0.6 is 0 Å². The third-order valence-corrected chi connectivity index (χ3v) is 3.87. The van der Waals surface area contributed by atoms with Gasteiger partial charge >= 0.3 is 0 Å². The molecule has 0 saturated carbocycles. The number of aryl methyl sites for hydroxylation is 2. The highest BCUT2D eigenvalue weighted by atomic mass is 16.5. The maximum Gasteiger partial charge on any atom is 0.178 e. The minimum atomic E-state index is 0.761. The quantitative estimate of drug-likeness (QED) is 0.628. The molecule has 0 aliphatic rings. The molecule has 0 spiro atoms. The van der Waals surface area contributed by atoms with E-state index in [2.05, 4.69) is 32.1 Å². The molecular weight excluding hydrogens is 288 g/mol. The van der Waals surface area contributed by atoms with E-state index in [1.165, 1.54) is 0 Å². The van der Waals surface area contributed by atoms with E-state index in [1.807, 2.05) is 30.3 Å². The number of hydrogen-bond acceptors (Lipinski definition) is 4. The van der Waals surface area contributed by atoms with Gasteiger partial charge in [0.05, 0.1) is 18.1 Å². The number of nitrogens with one attached hydrogen (secondary N) is 1. The van der Waals surface area contributed by atoms with Crippen LogP contribution < -0.4 is 4.74 Å². The fourth-order valence-electron chi connectivity index (χ4n) is 2.68. The number of methoxy groups -OCH3 is 1. The molecule has 3 heterocycles. The number of para-hydroxylation sites is 1. The van der Waals surface area contributed by atoms with E-state index in [1.54, 1.807) is 13.3 Å². The van der Waals surface area contributed by atoms with Crippen LogP contribution in [0, 0.1) is 0 Å². The Bertz CT molecular complexity index is 925. The predicted molar refractivity (Wildman–Crippen MR) is 89.6 cm³/mol. The number of rotatable bonds is 4. The van der Waals surface area contributed by atoms with Crippen molar-refractivity contribution in [3.63, 3.8) is 0 Å². The fourth-order valence-corrected chi connectivity index (χ4v) is 2.68. The van der Waals surface area contributed by atoms with Crippen molar-refractivity contribution in [2.75, 3.05) is 7.11 Å². The number of nitrogens with zero attached hydrogens (tertiary/aromatic N) is 3. The summed E-state index contributed by atoms with van der Waals surface area (Å²) in [5.74, 6) is 1.75. The molecular formula is C18H16N4O. The molecule has 0 atom stereocenters. The summed E-state index contributed by atoms with van der Waals surface area (Å²) < 4.78 is 5.23. The number of H-pyrrole nitrogens is 1. The molecule has 4 rings (SSSR count). The molecule has 1 N–H and O–H groups in total. The van der Waals surface area contributed by atoms with Crippen molar-refractivity contribution in [2.24, 2.45) is 0 Å². The molecule has 0 aliphatic carbocycles. The highest BCUT2D eigenvalue weighted by Gasteiger charge is 2.07. The van der Waals surface area contributed by atoms with Crippen LogP contribution in [-0.2, 0) is 12.8 Å². The fraction of sp³-hybridized carbons (Fsp3) is 0.167. The molecule has 0 amide bonds. The molecule has 3 aromatic heterocycles. The van der Waals surface area contributed by atoms with Crippen molar-refractivity contribution in [2.45, 2.75) is 12.8 Å². The Kier molecular flexibility index (Phi) is 3.38. The van der Waals surface area contributed by atoms with Crippen LogP contribution in [-0.4, -0.2) is 27.0 Å². The van der Waals surface area contributed by atoms with Gasteiger partial charge in [-0.25, -0.2) is 9.97 Å². The van der Waals surface area contributed by atoms with Crippen LogP contribution in [0.5, 0.6) is 5.75 Å². The van der Waals surface area contributed by atoms with Crippen LogP contribution in [0.1, 0.15) is 11.5 Å². The maximum absolute atomic E-state index is 5.23. The van der Waals surface area contributed by atoms with Crippen LogP contribution in [0.15, 0.2) is 48.7 Å². The molecule has 5 heteroatoms. The molecule has 1 aromatic carbocycles. The second-order valence-corrected chi connectivity index (χ2v) is 5.42. The normalized spacial score (nSPS) is 11.2. The van der Waals surface area contributed by atoms with Crippen LogP contribution in [0.3, 0.4) is 0 Å². The summed E-state index contributed by atoms with van der Waals surface area (Å²) in [6, 6.07) is 14.0. The molecule has 5 nitrogen and oxygen atoms in total. The van der Waals surface area contributed by atoms with Gasteiger partial charge in [0.2, 0.25) is 0 Å². The summed E-state index contributed by atoms with van der Waals surface area (Å²) in [4.78, 5) is 16.9. The Labute approximate surface area is 133 Å². The van der Waals surface area contributed by atoms with Crippen molar-refractivity contribution in [3.05, 3.63) is 60.2 Å². The Balaban J connectivity index is 1.60. The third-order valence-electron chi connectivity index (χ3n) is 3.87. The van der Waals surface area contributed by atoms with E-state index in [-0.39, 0.29) is 0 Å². The van der Waals surface area contributed by atoms with Crippen molar-refractivity contribution in [3.8, 4) is 5.75 Å². The van der Waals surface area contributed by atoms with Gasteiger partial charge in [0.25, 0.3) is 0 Å². The van der Waals surface area contributed by atoms with Gasteiger partial charge in [0.15, 0.2) is 5.65 Å². The zero-order chi connectivity index (χ0) is 15.6. The number of fused-ring (bicyclic) bond motifs is 2. The van der Waals surface area contributed by atoms with E-state index < -0.39 is 0 Å². The molecule has 0 bridgehead atoms. The molecule has 0 aliphatic heterocycles. The summed E-state index contributed by atoms with van der Waals surface area (Å²) in [5, 5.41) is 1.12. The Morgan fingerprint density at radius 1 is 1.04 bits per heavy atom. The van der Waals surface area contributed by atoms with E-state index in [0.717, 1.165) is 52.2 Å². The molecule has 114 valence electrons. The topological polar surface area (TPSA) is 63.7 Å². The molecule has 23 heavy (non-hydrogen) atoms. The predicted octanol–water partition coefficient (Wildman–Crippen LogP) is 3.30. The van der Waals surface area contributed by atoms with Gasteiger partial charge in [-0.2, -0.15) is 0 Å². The van der Waals surface area contributed by atoms with Crippen molar-refractivity contribution in [1.29, 1.82) is 0 Å².